The Balaban J connectivity index is 3.14. The molecule has 0 aliphatic heterocycles. The predicted octanol–water partition coefficient (Wildman–Crippen LogP) is 2.52. The molecule has 0 unspecified atom stereocenters. The lowest BCUT2D eigenvalue weighted by Crippen LogP contribution is -2.21. The molecule has 0 radical (unpaired) electrons. The first-order valence-corrected chi connectivity index (χ1v) is 5.76. The van der Waals surface area contributed by atoms with Gasteiger partial charge in [0.25, 0.3) is 5.91 Å². The normalized spacial score (nSPS) is 10.9. The lowest BCUT2D eigenvalue weighted by atomic mass is 9.87. The maximum absolute atomic E-state index is 11.4. The number of methoxy groups -OCH3 is 1. The summed E-state index contributed by atoms with van der Waals surface area (Å²) in [7, 11) is 1.52. The van der Waals surface area contributed by atoms with Crippen molar-refractivity contribution in [1.82, 2.24) is 0 Å². The maximum Gasteiger partial charge on any atom is 0.291 e. The lowest BCUT2D eigenvalue weighted by Gasteiger charge is -2.21. The monoisotopic (exact) mass is 249 g/mol. The number of hydrogen-bond acceptors (Lipinski definition) is 3. The average Bonchev–Trinajstić information content (AvgIpc) is 2.27. The molecule has 0 saturated heterocycles. The second-order valence-corrected chi connectivity index (χ2v) is 5.18. The van der Waals surface area contributed by atoms with E-state index in [0.29, 0.717) is 11.4 Å². The molecule has 18 heavy (non-hydrogen) atoms. The summed E-state index contributed by atoms with van der Waals surface area (Å²) in [6, 6.07) is 5.57. The summed E-state index contributed by atoms with van der Waals surface area (Å²) in [5.74, 6) is -0.629. The van der Waals surface area contributed by atoms with Crippen LogP contribution in [0.25, 0.3) is 0 Å². The van der Waals surface area contributed by atoms with Gasteiger partial charge in [-0.1, -0.05) is 26.8 Å². The number of carbonyl (C=O) groups excluding carboxylic acids is 2. The second kappa shape index (κ2) is 5.21. The number of rotatable bonds is 3. The highest BCUT2D eigenvalue weighted by Gasteiger charge is 2.17. The summed E-state index contributed by atoms with van der Waals surface area (Å²) in [5.41, 5.74) is 1.54. The van der Waals surface area contributed by atoms with E-state index < -0.39 is 11.7 Å². The molecule has 0 fully saturated rings. The summed E-state index contributed by atoms with van der Waals surface area (Å²) >= 11 is 0. The van der Waals surface area contributed by atoms with Crippen molar-refractivity contribution in [3.63, 3.8) is 0 Å². The first-order chi connectivity index (χ1) is 8.25. The van der Waals surface area contributed by atoms with Crippen molar-refractivity contribution in [3.8, 4) is 5.75 Å². The molecule has 0 atom stereocenters. The van der Waals surface area contributed by atoms with Crippen LogP contribution < -0.4 is 10.1 Å². The summed E-state index contributed by atoms with van der Waals surface area (Å²) in [6.45, 7) is 7.46. The standard InChI is InChI=1S/C14H19NO3/c1-9(16)13(17)15-11-8-10(14(2,3)4)6-7-12(11)18-5/h6-8H,1-5H3,(H,15,17). The molecule has 1 aromatic carbocycles. The first kappa shape index (κ1) is 14.2. The molecule has 1 N–H and O–H groups in total. The number of Topliss-reactive ketones (excluding diaryl/α,β-unsaturated/α-hetero) is 1. The van der Waals surface area contributed by atoms with Gasteiger partial charge in [-0.25, -0.2) is 0 Å². The Bertz CT molecular complexity index is 472. The molecule has 4 heteroatoms. The van der Waals surface area contributed by atoms with E-state index >= 15 is 0 Å². The van der Waals surface area contributed by atoms with Gasteiger partial charge in [0.15, 0.2) is 0 Å². The zero-order valence-electron chi connectivity index (χ0n) is 11.5. The van der Waals surface area contributed by atoms with Crippen LogP contribution in [0.5, 0.6) is 5.75 Å². The zero-order chi connectivity index (χ0) is 13.9. The maximum atomic E-state index is 11.4. The van der Waals surface area contributed by atoms with Gasteiger partial charge in [-0.05, 0) is 23.1 Å². The number of anilines is 1. The van der Waals surface area contributed by atoms with Gasteiger partial charge in [-0.2, -0.15) is 0 Å². The predicted molar refractivity (Wildman–Crippen MR) is 71.0 cm³/mol. The molecule has 0 heterocycles. The molecule has 0 bridgehead atoms. The molecule has 4 nitrogen and oxygen atoms in total. The Hall–Kier alpha value is -1.84. The Morgan fingerprint density at radius 3 is 2.28 bits per heavy atom. The van der Waals surface area contributed by atoms with Crippen molar-refractivity contribution >= 4 is 17.4 Å². The molecule has 0 saturated carbocycles. The van der Waals surface area contributed by atoms with Crippen LogP contribution in [0.15, 0.2) is 18.2 Å². The Labute approximate surface area is 107 Å². The van der Waals surface area contributed by atoms with Gasteiger partial charge in [0, 0.05) is 6.92 Å². The molecule has 0 aliphatic rings. The third-order valence-electron chi connectivity index (χ3n) is 2.63. The van der Waals surface area contributed by atoms with E-state index in [0.717, 1.165) is 5.56 Å². The van der Waals surface area contributed by atoms with Gasteiger partial charge in [0.1, 0.15) is 5.75 Å². The SMILES string of the molecule is COc1ccc(C(C)(C)C)cc1NC(=O)C(C)=O. The molecular weight excluding hydrogens is 230 g/mol. The van der Waals surface area contributed by atoms with E-state index in [2.05, 4.69) is 26.1 Å². The Morgan fingerprint density at radius 1 is 1.22 bits per heavy atom. The Morgan fingerprint density at radius 2 is 1.83 bits per heavy atom. The summed E-state index contributed by atoms with van der Waals surface area (Å²) < 4.78 is 5.17. The third kappa shape index (κ3) is 3.32. The van der Waals surface area contributed by atoms with Crippen LogP contribution in [0.1, 0.15) is 33.3 Å². The third-order valence-corrected chi connectivity index (χ3v) is 2.63. The molecule has 1 amide bonds. The highest BCUT2D eigenvalue weighted by atomic mass is 16.5. The number of benzene rings is 1. The fourth-order valence-corrected chi connectivity index (χ4v) is 1.48. The number of ketones is 1. The average molecular weight is 249 g/mol. The quantitative estimate of drug-likeness (QED) is 0.837. The largest absolute Gasteiger partial charge is 0.495 e. The van der Waals surface area contributed by atoms with Crippen LogP contribution >= 0.6 is 0 Å². The van der Waals surface area contributed by atoms with Crippen molar-refractivity contribution in [2.45, 2.75) is 33.1 Å². The zero-order valence-corrected chi connectivity index (χ0v) is 11.5. The summed E-state index contributed by atoms with van der Waals surface area (Å²) in [6.07, 6.45) is 0. The van der Waals surface area contributed by atoms with Crippen molar-refractivity contribution < 1.29 is 14.3 Å². The highest BCUT2D eigenvalue weighted by Crippen LogP contribution is 2.31. The minimum absolute atomic E-state index is 0.0397. The molecular formula is C14H19NO3. The van der Waals surface area contributed by atoms with Gasteiger partial charge in [-0.15, -0.1) is 0 Å². The van der Waals surface area contributed by atoms with E-state index in [1.165, 1.54) is 14.0 Å². The van der Waals surface area contributed by atoms with E-state index in [-0.39, 0.29) is 5.41 Å². The fraction of sp³-hybridized carbons (Fsp3) is 0.429. The number of amides is 1. The van der Waals surface area contributed by atoms with Crippen LogP contribution in [0.2, 0.25) is 0 Å². The number of nitrogens with one attached hydrogen (secondary N) is 1. The molecule has 0 aromatic heterocycles. The molecule has 0 aliphatic carbocycles. The van der Waals surface area contributed by atoms with E-state index in [9.17, 15) is 9.59 Å². The van der Waals surface area contributed by atoms with Crippen LogP contribution in [0.4, 0.5) is 5.69 Å². The molecule has 98 valence electrons. The fourth-order valence-electron chi connectivity index (χ4n) is 1.48. The van der Waals surface area contributed by atoms with E-state index in [1.807, 2.05) is 12.1 Å². The molecule has 1 aromatic rings. The minimum atomic E-state index is -0.639. The van der Waals surface area contributed by atoms with E-state index in [1.54, 1.807) is 6.07 Å². The first-order valence-electron chi connectivity index (χ1n) is 5.76. The van der Waals surface area contributed by atoms with Gasteiger partial charge in [0.2, 0.25) is 5.78 Å². The minimum Gasteiger partial charge on any atom is -0.495 e. The van der Waals surface area contributed by atoms with Crippen molar-refractivity contribution in [1.29, 1.82) is 0 Å². The van der Waals surface area contributed by atoms with Gasteiger partial charge >= 0.3 is 0 Å². The van der Waals surface area contributed by atoms with E-state index in [4.69, 9.17) is 4.74 Å². The van der Waals surface area contributed by atoms with Crippen molar-refractivity contribution in [2.75, 3.05) is 12.4 Å². The van der Waals surface area contributed by atoms with Crippen LogP contribution in [0, 0.1) is 0 Å². The van der Waals surface area contributed by atoms with Crippen LogP contribution in [-0.2, 0) is 15.0 Å². The van der Waals surface area contributed by atoms with Crippen molar-refractivity contribution in [2.24, 2.45) is 0 Å². The van der Waals surface area contributed by atoms with Crippen LogP contribution in [0.3, 0.4) is 0 Å². The summed E-state index contributed by atoms with van der Waals surface area (Å²) in [4.78, 5) is 22.4. The van der Waals surface area contributed by atoms with Crippen molar-refractivity contribution in [3.05, 3.63) is 23.8 Å². The lowest BCUT2D eigenvalue weighted by molar-refractivity contribution is -0.133. The van der Waals surface area contributed by atoms with Gasteiger partial charge in [0.05, 0.1) is 12.8 Å². The number of carbonyl (C=O) groups is 2. The summed E-state index contributed by atoms with van der Waals surface area (Å²) in [5, 5.41) is 2.56. The highest BCUT2D eigenvalue weighted by molar-refractivity contribution is 6.39. The smallest absolute Gasteiger partial charge is 0.291 e. The van der Waals surface area contributed by atoms with Gasteiger partial charge < -0.3 is 10.1 Å². The second-order valence-electron chi connectivity index (χ2n) is 5.18. The Kier molecular flexibility index (Phi) is 4.11. The number of ether oxygens (including phenoxy) is 1. The molecule has 1 rings (SSSR count). The van der Waals surface area contributed by atoms with Gasteiger partial charge in [-0.3, -0.25) is 9.59 Å². The number of hydrogen-bond donors (Lipinski definition) is 1. The van der Waals surface area contributed by atoms with Crippen LogP contribution in [-0.4, -0.2) is 18.8 Å². The topological polar surface area (TPSA) is 55.4 Å². The molecule has 0 spiro atoms.